The Morgan fingerprint density at radius 1 is 0.958 bits per heavy atom. The number of H-pyrrole nitrogens is 1. The zero-order valence-electron chi connectivity index (χ0n) is 12.8. The summed E-state index contributed by atoms with van der Waals surface area (Å²) in [4.78, 5) is 12.4. The predicted molar refractivity (Wildman–Crippen MR) is 97.2 cm³/mol. The second-order valence-electron chi connectivity index (χ2n) is 5.49. The van der Waals surface area contributed by atoms with Gasteiger partial charge in [0.2, 0.25) is 5.95 Å². The third kappa shape index (κ3) is 2.96. The lowest BCUT2D eigenvalue weighted by Gasteiger charge is -2.18. The van der Waals surface area contributed by atoms with Crippen LogP contribution in [0.5, 0.6) is 0 Å². The minimum atomic E-state index is -0.148. The second-order valence-corrected chi connectivity index (χ2v) is 5.93. The summed E-state index contributed by atoms with van der Waals surface area (Å²) >= 11 is 6.17. The van der Waals surface area contributed by atoms with E-state index in [9.17, 15) is 0 Å². The molecule has 0 spiro atoms. The molecule has 4 nitrogen and oxygen atoms in total. The number of anilines is 1. The third-order valence-electron chi connectivity index (χ3n) is 3.84. The molecule has 0 aliphatic heterocycles. The van der Waals surface area contributed by atoms with Crippen molar-refractivity contribution in [3.63, 3.8) is 0 Å². The van der Waals surface area contributed by atoms with Crippen molar-refractivity contribution < 1.29 is 0 Å². The molecule has 2 aromatic heterocycles. The highest BCUT2D eigenvalue weighted by molar-refractivity contribution is 6.30. The summed E-state index contributed by atoms with van der Waals surface area (Å²) in [6.45, 7) is 0. The number of benzene rings is 2. The Bertz CT molecular complexity index is 932. The van der Waals surface area contributed by atoms with Crippen LogP contribution in [0.25, 0.3) is 11.0 Å². The van der Waals surface area contributed by atoms with Crippen molar-refractivity contribution in [2.24, 2.45) is 0 Å². The zero-order chi connectivity index (χ0) is 16.4. The fourth-order valence-corrected chi connectivity index (χ4v) is 2.92. The normalized spacial score (nSPS) is 12.2. The molecule has 4 rings (SSSR count). The van der Waals surface area contributed by atoms with Crippen LogP contribution in [0.2, 0.25) is 5.02 Å². The van der Waals surface area contributed by atoms with Crippen molar-refractivity contribution in [3.05, 3.63) is 89.2 Å². The largest absolute Gasteiger partial charge is 0.343 e. The Labute approximate surface area is 144 Å². The zero-order valence-corrected chi connectivity index (χ0v) is 13.5. The van der Waals surface area contributed by atoms with Crippen LogP contribution in [0, 0.1) is 0 Å². The smallest absolute Gasteiger partial charge is 0.201 e. The van der Waals surface area contributed by atoms with Crippen LogP contribution in [-0.2, 0) is 0 Å². The first-order valence-electron chi connectivity index (χ1n) is 7.67. The molecule has 0 saturated carbocycles. The predicted octanol–water partition coefficient (Wildman–Crippen LogP) is 4.81. The van der Waals surface area contributed by atoms with Gasteiger partial charge in [-0.3, -0.25) is 4.98 Å². The van der Waals surface area contributed by atoms with Crippen LogP contribution >= 0.6 is 11.6 Å². The molecule has 5 heteroatoms. The first-order chi connectivity index (χ1) is 11.8. The summed E-state index contributed by atoms with van der Waals surface area (Å²) in [7, 11) is 0. The van der Waals surface area contributed by atoms with Gasteiger partial charge in [-0.05, 0) is 42.0 Å². The number of para-hydroxylation sites is 2. The van der Waals surface area contributed by atoms with Crippen LogP contribution < -0.4 is 5.32 Å². The molecule has 2 N–H and O–H groups in total. The van der Waals surface area contributed by atoms with Gasteiger partial charge in [-0.2, -0.15) is 0 Å². The number of aromatic nitrogens is 3. The summed E-state index contributed by atoms with van der Waals surface area (Å²) < 4.78 is 0. The van der Waals surface area contributed by atoms with Gasteiger partial charge >= 0.3 is 0 Å². The van der Waals surface area contributed by atoms with Crippen LogP contribution in [0.3, 0.4) is 0 Å². The number of halogens is 1. The Morgan fingerprint density at radius 2 is 1.83 bits per heavy atom. The second kappa shape index (κ2) is 6.34. The van der Waals surface area contributed by atoms with Gasteiger partial charge in [0.25, 0.3) is 0 Å². The summed E-state index contributed by atoms with van der Waals surface area (Å²) in [5.74, 6) is 0.701. The molecule has 2 aromatic carbocycles. The van der Waals surface area contributed by atoms with E-state index >= 15 is 0 Å². The quantitative estimate of drug-likeness (QED) is 0.563. The van der Waals surface area contributed by atoms with Gasteiger partial charge in [0, 0.05) is 11.2 Å². The Morgan fingerprint density at radius 3 is 2.62 bits per heavy atom. The van der Waals surface area contributed by atoms with E-state index < -0.39 is 0 Å². The van der Waals surface area contributed by atoms with E-state index in [4.69, 9.17) is 11.6 Å². The van der Waals surface area contributed by atoms with Crippen molar-refractivity contribution >= 4 is 28.6 Å². The molecule has 0 fully saturated rings. The van der Waals surface area contributed by atoms with Crippen LogP contribution in [0.15, 0.2) is 72.9 Å². The van der Waals surface area contributed by atoms with Crippen LogP contribution in [-0.4, -0.2) is 15.0 Å². The highest BCUT2D eigenvalue weighted by Crippen LogP contribution is 2.27. The average molecular weight is 335 g/mol. The maximum atomic E-state index is 6.17. The van der Waals surface area contributed by atoms with Gasteiger partial charge in [-0.15, -0.1) is 0 Å². The van der Waals surface area contributed by atoms with Gasteiger partial charge < -0.3 is 10.3 Å². The van der Waals surface area contributed by atoms with Gasteiger partial charge in [0.1, 0.15) is 0 Å². The number of nitrogens with one attached hydrogen (secondary N) is 2. The van der Waals surface area contributed by atoms with E-state index in [1.807, 2.05) is 66.7 Å². The maximum absolute atomic E-state index is 6.17. The minimum Gasteiger partial charge on any atom is -0.343 e. The molecule has 24 heavy (non-hydrogen) atoms. The Balaban J connectivity index is 1.75. The number of rotatable bonds is 4. The minimum absolute atomic E-state index is 0.148. The Kier molecular flexibility index (Phi) is 3.89. The third-order valence-corrected chi connectivity index (χ3v) is 4.07. The molecule has 0 saturated heterocycles. The molecule has 0 radical (unpaired) electrons. The lowest BCUT2D eigenvalue weighted by molar-refractivity contribution is 0.873. The van der Waals surface area contributed by atoms with Gasteiger partial charge in [-0.1, -0.05) is 41.9 Å². The molecule has 2 heterocycles. The number of pyridine rings is 1. The summed E-state index contributed by atoms with van der Waals surface area (Å²) in [5.41, 5.74) is 3.85. The number of aromatic amines is 1. The molecule has 0 bridgehead atoms. The van der Waals surface area contributed by atoms with E-state index in [2.05, 4.69) is 20.3 Å². The van der Waals surface area contributed by atoms with E-state index in [0.29, 0.717) is 11.0 Å². The molecule has 0 amide bonds. The van der Waals surface area contributed by atoms with Crippen LogP contribution in [0.4, 0.5) is 5.95 Å². The van der Waals surface area contributed by atoms with E-state index in [0.717, 1.165) is 22.3 Å². The monoisotopic (exact) mass is 334 g/mol. The van der Waals surface area contributed by atoms with E-state index in [1.54, 1.807) is 6.20 Å². The van der Waals surface area contributed by atoms with E-state index in [1.165, 1.54) is 0 Å². The number of hydrogen-bond acceptors (Lipinski definition) is 3. The van der Waals surface area contributed by atoms with Crippen molar-refractivity contribution in [2.75, 3.05) is 5.32 Å². The van der Waals surface area contributed by atoms with Gasteiger partial charge in [0.05, 0.1) is 22.8 Å². The number of fused-ring (bicyclic) bond motifs is 1. The SMILES string of the molecule is Clc1cccc(C(Nc2nc3ccccc3[nH]2)c2ccccn2)c1. The van der Waals surface area contributed by atoms with Crippen LogP contribution in [0.1, 0.15) is 17.3 Å². The topological polar surface area (TPSA) is 53.6 Å². The van der Waals surface area contributed by atoms with Crippen molar-refractivity contribution in [2.45, 2.75) is 6.04 Å². The molecule has 1 unspecified atom stereocenters. The standard InChI is InChI=1S/C19H15ClN4/c20-14-7-5-6-13(12-14)18(17-10-3-4-11-21-17)24-19-22-15-8-1-2-9-16(15)23-19/h1-12,18H,(H2,22,23,24). The first kappa shape index (κ1) is 14.7. The summed E-state index contributed by atoms with van der Waals surface area (Å²) in [5, 5.41) is 4.13. The molecule has 1 atom stereocenters. The number of nitrogens with zero attached hydrogens (tertiary/aromatic N) is 2. The van der Waals surface area contributed by atoms with Crippen molar-refractivity contribution in [1.82, 2.24) is 15.0 Å². The molecular weight excluding hydrogens is 320 g/mol. The fraction of sp³-hybridized carbons (Fsp3) is 0.0526. The number of hydrogen-bond donors (Lipinski definition) is 2. The molecular formula is C19H15ClN4. The lowest BCUT2D eigenvalue weighted by Crippen LogP contribution is -2.14. The summed E-state index contributed by atoms with van der Waals surface area (Å²) in [6.07, 6.45) is 1.78. The van der Waals surface area contributed by atoms with Crippen molar-refractivity contribution in [3.8, 4) is 0 Å². The Hall–Kier alpha value is -2.85. The highest BCUT2D eigenvalue weighted by Gasteiger charge is 2.17. The van der Waals surface area contributed by atoms with Gasteiger partial charge in [-0.25, -0.2) is 4.98 Å². The summed E-state index contributed by atoms with van der Waals surface area (Å²) in [6, 6.07) is 21.4. The maximum Gasteiger partial charge on any atom is 0.201 e. The average Bonchev–Trinajstić information content (AvgIpc) is 3.03. The van der Waals surface area contributed by atoms with Crippen molar-refractivity contribution in [1.29, 1.82) is 0 Å². The lowest BCUT2D eigenvalue weighted by atomic mass is 10.0. The molecule has 118 valence electrons. The molecule has 0 aliphatic carbocycles. The molecule has 0 aliphatic rings. The first-order valence-corrected chi connectivity index (χ1v) is 8.05. The highest BCUT2D eigenvalue weighted by atomic mass is 35.5. The fourth-order valence-electron chi connectivity index (χ4n) is 2.72. The van der Waals surface area contributed by atoms with E-state index in [-0.39, 0.29) is 6.04 Å². The number of imidazole rings is 1. The van der Waals surface area contributed by atoms with Gasteiger partial charge in [0.15, 0.2) is 0 Å². The molecule has 4 aromatic rings.